The molecule has 1 heterocycles. The van der Waals surface area contributed by atoms with E-state index in [2.05, 4.69) is 17.2 Å². The first kappa shape index (κ1) is 14.3. The van der Waals surface area contributed by atoms with Gasteiger partial charge in [0.05, 0.1) is 0 Å². The third kappa shape index (κ3) is 3.44. The van der Waals surface area contributed by atoms with E-state index in [-0.39, 0.29) is 5.56 Å². The molecule has 0 aromatic carbocycles. The van der Waals surface area contributed by atoms with Gasteiger partial charge in [0.2, 0.25) is 0 Å². The van der Waals surface area contributed by atoms with Gasteiger partial charge in [0.15, 0.2) is 0 Å². The van der Waals surface area contributed by atoms with Crippen molar-refractivity contribution in [2.24, 2.45) is 5.92 Å². The second kappa shape index (κ2) is 6.33. The number of likely N-dealkylation sites (N-methyl/N-ethyl adjacent to an activating group) is 1. The second-order valence-electron chi connectivity index (χ2n) is 5.60. The normalized spacial score (nSPS) is 17.8. The highest BCUT2D eigenvalue weighted by atomic mass is 16.1. The predicted octanol–water partition coefficient (Wildman–Crippen LogP) is 2.03. The fraction of sp³-hybridized carbons (Fsp3) is 0.733. The van der Waals surface area contributed by atoms with Gasteiger partial charge in [-0.05, 0) is 39.2 Å². The monoisotopic (exact) mass is 263 g/mol. The van der Waals surface area contributed by atoms with E-state index in [0.717, 1.165) is 24.6 Å². The SMILES string of the molecule is CCNC(Cn1c(C)nc(C)cc1=O)C1CCCC1. The average Bonchev–Trinajstić information content (AvgIpc) is 2.85. The largest absolute Gasteiger partial charge is 0.312 e. The zero-order valence-electron chi connectivity index (χ0n) is 12.3. The van der Waals surface area contributed by atoms with Gasteiger partial charge in [0.25, 0.3) is 5.56 Å². The summed E-state index contributed by atoms with van der Waals surface area (Å²) < 4.78 is 1.82. The molecule has 0 saturated heterocycles. The maximum absolute atomic E-state index is 12.1. The lowest BCUT2D eigenvalue weighted by Crippen LogP contribution is -2.41. The van der Waals surface area contributed by atoms with Crippen LogP contribution in [0.1, 0.15) is 44.1 Å². The van der Waals surface area contributed by atoms with Crippen LogP contribution < -0.4 is 10.9 Å². The van der Waals surface area contributed by atoms with Crippen LogP contribution >= 0.6 is 0 Å². The van der Waals surface area contributed by atoms with Crippen molar-refractivity contribution in [1.82, 2.24) is 14.9 Å². The Balaban J connectivity index is 2.19. The van der Waals surface area contributed by atoms with E-state index in [1.165, 1.54) is 25.7 Å². The molecule has 2 rings (SSSR count). The molecule has 19 heavy (non-hydrogen) atoms. The summed E-state index contributed by atoms with van der Waals surface area (Å²) >= 11 is 0. The predicted molar refractivity (Wildman–Crippen MR) is 77.4 cm³/mol. The Hall–Kier alpha value is -1.16. The average molecular weight is 263 g/mol. The van der Waals surface area contributed by atoms with E-state index in [0.29, 0.717) is 12.0 Å². The van der Waals surface area contributed by atoms with E-state index in [4.69, 9.17) is 0 Å². The zero-order chi connectivity index (χ0) is 13.8. The number of nitrogens with zero attached hydrogens (tertiary/aromatic N) is 2. The van der Waals surface area contributed by atoms with Gasteiger partial charge in [-0.2, -0.15) is 0 Å². The molecule has 4 nitrogen and oxygen atoms in total. The third-order valence-corrected chi connectivity index (χ3v) is 4.14. The van der Waals surface area contributed by atoms with Crippen LogP contribution in [-0.4, -0.2) is 22.1 Å². The molecule has 106 valence electrons. The molecule has 1 aliphatic carbocycles. The smallest absolute Gasteiger partial charge is 0.253 e. The summed E-state index contributed by atoms with van der Waals surface area (Å²) in [6.07, 6.45) is 5.22. The fourth-order valence-corrected chi connectivity index (χ4v) is 3.18. The molecule has 0 spiro atoms. The number of hydrogen-bond donors (Lipinski definition) is 1. The highest BCUT2D eigenvalue weighted by Crippen LogP contribution is 2.28. The minimum Gasteiger partial charge on any atom is -0.312 e. The van der Waals surface area contributed by atoms with Crippen LogP contribution in [0, 0.1) is 19.8 Å². The van der Waals surface area contributed by atoms with E-state index in [1.54, 1.807) is 6.07 Å². The summed E-state index contributed by atoms with van der Waals surface area (Å²) in [5.74, 6) is 1.53. The summed E-state index contributed by atoms with van der Waals surface area (Å²) in [4.78, 5) is 16.5. The molecule has 1 N–H and O–H groups in total. The summed E-state index contributed by atoms with van der Waals surface area (Å²) in [5, 5.41) is 3.55. The number of nitrogens with one attached hydrogen (secondary N) is 1. The number of aryl methyl sites for hydroxylation is 2. The zero-order valence-corrected chi connectivity index (χ0v) is 12.3. The molecular formula is C15H25N3O. The first-order valence-electron chi connectivity index (χ1n) is 7.40. The van der Waals surface area contributed by atoms with Crippen molar-refractivity contribution >= 4 is 0 Å². The van der Waals surface area contributed by atoms with Gasteiger partial charge in [-0.1, -0.05) is 19.8 Å². The highest BCUT2D eigenvalue weighted by molar-refractivity contribution is 5.02. The summed E-state index contributed by atoms with van der Waals surface area (Å²) in [6, 6.07) is 2.03. The quantitative estimate of drug-likeness (QED) is 0.884. The van der Waals surface area contributed by atoms with Gasteiger partial charge in [0, 0.05) is 24.3 Å². The lowest BCUT2D eigenvalue weighted by Gasteiger charge is -2.25. The van der Waals surface area contributed by atoms with Crippen LogP contribution in [-0.2, 0) is 6.54 Å². The number of hydrogen-bond acceptors (Lipinski definition) is 3. The molecule has 0 amide bonds. The third-order valence-electron chi connectivity index (χ3n) is 4.14. The summed E-state index contributed by atoms with van der Waals surface area (Å²) in [6.45, 7) is 7.62. The van der Waals surface area contributed by atoms with E-state index >= 15 is 0 Å². The summed E-state index contributed by atoms with van der Waals surface area (Å²) in [7, 11) is 0. The topological polar surface area (TPSA) is 46.9 Å². The van der Waals surface area contributed by atoms with Gasteiger partial charge in [-0.15, -0.1) is 0 Å². The first-order valence-corrected chi connectivity index (χ1v) is 7.40. The van der Waals surface area contributed by atoms with Crippen molar-refractivity contribution in [3.05, 3.63) is 27.9 Å². The molecule has 1 fully saturated rings. The molecule has 0 aliphatic heterocycles. The van der Waals surface area contributed by atoms with Crippen LogP contribution in [0.2, 0.25) is 0 Å². The Labute approximate surface area is 115 Å². The molecule has 0 radical (unpaired) electrons. The van der Waals surface area contributed by atoms with Crippen molar-refractivity contribution in [2.45, 2.75) is 59.0 Å². The number of rotatable bonds is 5. The first-order chi connectivity index (χ1) is 9.11. The Bertz CT molecular complexity index is 475. The molecule has 1 aromatic rings. The Kier molecular flexibility index (Phi) is 4.75. The minimum atomic E-state index is 0.0749. The Morgan fingerprint density at radius 2 is 2.11 bits per heavy atom. The minimum absolute atomic E-state index is 0.0749. The van der Waals surface area contributed by atoms with Crippen molar-refractivity contribution < 1.29 is 0 Å². The lowest BCUT2D eigenvalue weighted by atomic mass is 9.98. The fourth-order valence-electron chi connectivity index (χ4n) is 3.18. The molecule has 1 aromatic heterocycles. The van der Waals surface area contributed by atoms with E-state index < -0.39 is 0 Å². The molecular weight excluding hydrogens is 238 g/mol. The molecule has 1 saturated carbocycles. The molecule has 1 unspecified atom stereocenters. The van der Waals surface area contributed by atoms with Gasteiger partial charge < -0.3 is 5.32 Å². The van der Waals surface area contributed by atoms with Crippen LogP contribution in [0.4, 0.5) is 0 Å². The molecule has 1 aliphatic rings. The maximum atomic E-state index is 12.1. The van der Waals surface area contributed by atoms with Crippen LogP contribution in [0.25, 0.3) is 0 Å². The highest BCUT2D eigenvalue weighted by Gasteiger charge is 2.25. The number of aromatic nitrogens is 2. The van der Waals surface area contributed by atoms with Crippen LogP contribution in [0.15, 0.2) is 10.9 Å². The summed E-state index contributed by atoms with van der Waals surface area (Å²) in [5.41, 5.74) is 0.880. The standard InChI is InChI=1S/C15H25N3O/c1-4-16-14(13-7-5-6-8-13)10-18-12(3)17-11(2)9-15(18)19/h9,13-14,16H,4-8,10H2,1-3H3. The van der Waals surface area contributed by atoms with Gasteiger partial charge >= 0.3 is 0 Å². The lowest BCUT2D eigenvalue weighted by molar-refractivity contribution is 0.320. The Morgan fingerprint density at radius 3 is 2.68 bits per heavy atom. The van der Waals surface area contributed by atoms with Gasteiger partial charge in [-0.3, -0.25) is 9.36 Å². The molecule has 1 atom stereocenters. The Morgan fingerprint density at radius 1 is 1.42 bits per heavy atom. The van der Waals surface area contributed by atoms with Crippen molar-refractivity contribution in [3.8, 4) is 0 Å². The van der Waals surface area contributed by atoms with E-state index in [9.17, 15) is 4.79 Å². The second-order valence-corrected chi connectivity index (χ2v) is 5.60. The van der Waals surface area contributed by atoms with Crippen LogP contribution in [0.5, 0.6) is 0 Å². The maximum Gasteiger partial charge on any atom is 0.253 e. The van der Waals surface area contributed by atoms with Crippen molar-refractivity contribution in [3.63, 3.8) is 0 Å². The molecule has 4 heteroatoms. The van der Waals surface area contributed by atoms with Crippen molar-refractivity contribution in [2.75, 3.05) is 6.54 Å². The van der Waals surface area contributed by atoms with Gasteiger partial charge in [-0.25, -0.2) is 4.98 Å². The van der Waals surface area contributed by atoms with Gasteiger partial charge in [0.1, 0.15) is 5.82 Å². The van der Waals surface area contributed by atoms with Crippen LogP contribution in [0.3, 0.4) is 0 Å². The molecule has 0 bridgehead atoms. The van der Waals surface area contributed by atoms with Crippen molar-refractivity contribution in [1.29, 1.82) is 0 Å². The van der Waals surface area contributed by atoms with E-state index in [1.807, 2.05) is 18.4 Å².